The Morgan fingerprint density at radius 2 is 1.98 bits per heavy atom. The normalized spacial score (nSPS) is 22.3. The van der Waals surface area contributed by atoms with Crippen molar-refractivity contribution in [2.45, 2.75) is 44.0 Å². The molecule has 4 heterocycles. The average Bonchev–Trinajstić information content (AvgIpc) is 3.26. The van der Waals surface area contributed by atoms with E-state index in [4.69, 9.17) is 25.8 Å². The van der Waals surface area contributed by atoms with Crippen molar-refractivity contribution in [3.63, 3.8) is 0 Å². The van der Waals surface area contributed by atoms with Crippen molar-refractivity contribution in [3.8, 4) is 11.5 Å². The lowest BCUT2D eigenvalue weighted by Crippen LogP contribution is -2.39. The highest BCUT2D eigenvalue weighted by Gasteiger charge is 2.43. The average molecular weight is 646 g/mol. The zero-order valence-corrected chi connectivity index (χ0v) is 24.9. The molecule has 8 nitrogen and oxygen atoms in total. The van der Waals surface area contributed by atoms with Crippen molar-refractivity contribution in [2.24, 2.45) is 0 Å². The first-order valence-electron chi connectivity index (χ1n) is 13.8. The smallest absolute Gasteiger partial charge is 0.278 e. The van der Waals surface area contributed by atoms with E-state index in [1.165, 1.54) is 6.07 Å². The molecule has 2 N–H and O–H groups in total. The van der Waals surface area contributed by atoms with Gasteiger partial charge in [0.05, 0.1) is 35.8 Å². The number of halogens is 3. The van der Waals surface area contributed by atoms with Gasteiger partial charge in [-0.25, -0.2) is 9.37 Å². The second kappa shape index (κ2) is 11.8. The van der Waals surface area contributed by atoms with Gasteiger partial charge in [-0.15, -0.1) is 0 Å². The molecular formula is C30H31BrClFN4O4. The van der Waals surface area contributed by atoms with Gasteiger partial charge in [-0.1, -0.05) is 23.7 Å². The molecule has 1 amide bonds. The van der Waals surface area contributed by atoms with Crippen molar-refractivity contribution in [1.29, 1.82) is 0 Å². The van der Waals surface area contributed by atoms with E-state index in [-0.39, 0.29) is 24.5 Å². The van der Waals surface area contributed by atoms with Crippen LogP contribution < -0.4 is 20.1 Å². The summed E-state index contributed by atoms with van der Waals surface area (Å²) in [5, 5.41) is 6.69. The Hall–Kier alpha value is -2.92. The predicted molar refractivity (Wildman–Crippen MR) is 158 cm³/mol. The summed E-state index contributed by atoms with van der Waals surface area (Å²) >= 11 is 9.35. The number of hydrogen-bond donors (Lipinski definition) is 2. The van der Waals surface area contributed by atoms with Crippen LogP contribution in [0.2, 0.25) is 5.02 Å². The molecule has 3 aliphatic heterocycles. The fourth-order valence-corrected chi connectivity index (χ4v) is 6.07. The van der Waals surface area contributed by atoms with Gasteiger partial charge in [-0.05, 0) is 84.5 Å². The number of ether oxygens (including phenoxy) is 3. The van der Waals surface area contributed by atoms with Gasteiger partial charge in [0.2, 0.25) is 5.91 Å². The largest absolute Gasteiger partial charge is 0.444 e. The Morgan fingerprint density at radius 1 is 1.17 bits per heavy atom. The second-order valence-corrected chi connectivity index (χ2v) is 12.0. The van der Waals surface area contributed by atoms with Crippen LogP contribution in [0.1, 0.15) is 43.2 Å². The molecule has 1 aromatic heterocycles. The van der Waals surface area contributed by atoms with E-state index in [9.17, 15) is 9.18 Å². The molecule has 0 spiro atoms. The molecule has 2 saturated heterocycles. The van der Waals surface area contributed by atoms with E-state index in [2.05, 4.69) is 36.4 Å². The monoisotopic (exact) mass is 644 g/mol. The maximum absolute atomic E-state index is 14.7. The number of aromatic nitrogens is 1. The molecule has 2 atom stereocenters. The molecule has 3 aromatic rings. The SMILES string of the molecule is CC1(c2ccc(Cl)cc2F)Oc2cccc(C3CCN(CC(=O)Nc4cc(Br)ncc4NCC4CCO4)CC3)c2O1. The van der Waals surface area contributed by atoms with E-state index in [1.54, 1.807) is 31.3 Å². The number of carbonyl (C=O) groups is 1. The minimum absolute atomic E-state index is 0.0809. The number of carbonyl (C=O) groups excluding carboxylic acids is 1. The van der Waals surface area contributed by atoms with Gasteiger partial charge in [0.25, 0.3) is 5.79 Å². The molecule has 2 unspecified atom stereocenters. The summed E-state index contributed by atoms with van der Waals surface area (Å²) in [5.74, 6) is -0.370. The molecule has 0 saturated carbocycles. The highest BCUT2D eigenvalue weighted by molar-refractivity contribution is 9.10. The number of anilines is 2. The van der Waals surface area contributed by atoms with Crippen LogP contribution in [0.3, 0.4) is 0 Å². The van der Waals surface area contributed by atoms with Crippen LogP contribution in [-0.4, -0.2) is 54.7 Å². The Morgan fingerprint density at radius 3 is 2.71 bits per heavy atom. The minimum Gasteiger partial charge on any atom is -0.444 e. The van der Waals surface area contributed by atoms with Crippen molar-refractivity contribution < 1.29 is 23.4 Å². The number of para-hydroxylation sites is 1. The van der Waals surface area contributed by atoms with Gasteiger partial charge in [0, 0.05) is 30.7 Å². The van der Waals surface area contributed by atoms with Gasteiger partial charge in [0.1, 0.15) is 10.4 Å². The second-order valence-electron chi connectivity index (χ2n) is 10.8. The number of pyridine rings is 1. The zero-order valence-electron chi connectivity index (χ0n) is 22.6. The summed E-state index contributed by atoms with van der Waals surface area (Å²) in [5.41, 5.74) is 2.78. The van der Waals surface area contributed by atoms with Crippen LogP contribution in [0, 0.1) is 5.82 Å². The summed E-state index contributed by atoms with van der Waals surface area (Å²) in [6.45, 7) is 4.99. The number of nitrogens with one attached hydrogen (secondary N) is 2. The third-order valence-corrected chi connectivity index (χ3v) is 8.55. The molecule has 0 bridgehead atoms. The van der Waals surface area contributed by atoms with Crippen molar-refractivity contribution >= 4 is 44.8 Å². The van der Waals surface area contributed by atoms with Gasteiger partial charge in [-0.3, -0.25) is 9.69 Å². The quantitative estimate of drug-likeness (QED) is 0.278. The molecule has 216 valence electrons. The van der Waals surface area contributed by atoms with Crippen LogP contribution in [0.5, 0.6) is 11.5 Å². The third-order valence-electron chi connectivity index (χ3n) is 7.88. The van der Waals surface area contributed by atoms with E-state index >= 15 is 0 Å². The van der Waals surface area contributed by atoms with Crippen molar-refractivity contribution in [2.75, 3.05) is 43.4 Å². The van der Waals surface area contributed by atoms with Crippen LogP contribution >= 0.6 is 27.5 Å². The van der Waals surface area contributed by atoms with Crippen molar-refractivity contribution in [3.05, 3.63) is 75.2 Å². The van der Waals surface area contributed by atoms with E-state index in [0.29, 0.717) is 38.9 Å². The number of piperidine rings is 1. The molecule has 0 aliphatic carbocycles. The lowest BCUT2D eigenvalue weighted by atomic mass is 9.88. The minimum atomic E-state index is -1.29. The fourth-order valence-electron chi connectivity index (χ4n) is 5.58. The number of nitrogens with zero attached hydrogens (tertiary/aromatic N) is 2. The number of fused-ring (bicyclic) bond motifs is 1. The molecule has 2 fully saturated rings. The lowest BCUT2D eigenvalue weighted by molar-refractivity contribution is -0.117. The summed E-state index contributed by atoms with van der Waals surface area (Å²) < 4.78 is 33.3. The maximum atomic E-state index is 14.7. The first kappa shape index (κ1) is 28.2. The first-order valence-corrected chi connectivity index (χ1v) is 14.9. The van der Waals surface area contributed by atoms with Crippen LogP contribution in [0.4, 0.5) is 15.8 Å². The Kier molecular flexibility index (Phi) is 8.09. The van der Waals surface area contributed by atoms with Crippen LogP contribution in [0.15, 0.2) is 53.3 Å². The van der Waals surface area contributed by atoms with Crippen LogP contribution in [0.25, 0.3) is 0 Å². The predicted octanol–water partition coefficient (Wildman–Crippen LogP) is 6.30. The lowest BCUT2D eigenvalue weighted by Gasteiger charge is -2.32. The summed E-state index contributed by atoms with van der Waals surface area (Å²) in [6, 6.07) is 12.1. The molecule has 41 heavy (non-hydrogen) atoms. The number of likely N-dealkylation sites (tertiary alicyclic amines) is 1. The summed E-state index contributed by atoms with van der Waals surface area (Å²) in [4.78, 5) is 19.4. The molecule has 2 aromatic carbocycles. The highest BCUT2D eigenvalue weighted by atomic mass is 79.9. The van der Waals surface area contributed by atoms with E-state index < -0.39 is 11.6 Å². The third kappa shape index (κ3) is 6.16. The van der Waals surface area contributed by atoms with Gasteiger partial charge >= 0.3 is 0 Å². The van der Waals surface area contributed by atoms with E-state index in [0.717, 1.165) is 50.2 Å². The summed E-state index contributed by atoms with van der Waals surface area (Å²) in [7, 11) is 0. The highest BCUT2D eigenvalue weighted by Crippen LogP contribution is 2.49. The van der Waals surface area contributed by atoms with Gasteiger partial charge < -0.3 is 24.8 Å². The van der Waals surface area contributed by atoms with E-state index in [1.807, 2.05) is 18.2 Å². The number of benzene rings is 2. The maximum Gasteiger partial charge on any atom is 0.278 e. The molecule has 11 heteroatoms. The molecule has 0 radical (unpaired) electrons. The molecular weight excluding hydrogens is 615 g/mol. The standard InChI is InChI=1S/C30H31BrClFN4O4/c1-30(22-6-5-19(32)13-23(22)33)40-26-4-2-3-21(29(26)41-30)18-7-10-37(11-8-18)17-28(38)36-24-14-27(31)35-16-25(24)34-15-20-9-12-39-20/h2-6,13-14,16,18,20,34H,7-12,15,17H2,1H3,(H,35,36,38). The Labute approximate surface area is 251 Å². The summed E-state index contributed by atoms with van der Waals surface area (Å²) in [6.07, 6.45) is 4.64. The molecule has 3 aliphatic rings. The molecule has 6 rings (SSSR count). The van der Waals surface area contributed by atoms with Crippen molar-refractivity contribution in [1.82, 2.24) is 9.88 Å². The number of amides is 1. The number of rotatable bonds is 8. The fraction of sp³-hybridized carbons (Fsp3) is 0.400. The zero-order chi connectivity index (χ0) is 28.6. The number of hydrogen-bond acceptors (Lipinski definition) is 7. The Balaban J connectivity index is 1.06. The van der Waals surface area contributed by atoms with Crippen LogP contribution in [-0.2, 0) is 15.3 Å². The van der Waals surface area contributed by atoms with Gasteiger partial charge in [-0.2, -0.15) is 0 Å². The van der Waals surface area contributed by atoms with Gasteiger partial charge in [0.15, 0.2) is 11.5 Å². The Bertz CT molecular complexity index is 1450. The first-order chi connectivity index (χ1) is 19.8. The topological polar surface area (TPSA) is 85.0 Å².